The second-order valence-electron chi connectivity index (χ2n) is 5.39. The minimum absolute atomic E-state index is 0.0483. The largest absolute Gasteiger partial charge is 0.287 e. The zero-order valence-corrected chi connectivity index (χ0v) is 13.6. The summed E-state index contributed by atoms with van der Waals surface area (Å²) < 4.78 is 3.73. The van der Waals surface area contributed by atoms with Crippen LogP contribution in [-0.2, 0) is 6.54 Å². The van der Waals surface area contributed by atoms with E-state index in [-0.39, 0.29) is 5.43 Å². The molecule has 2 aromatic carbocycles. The van der Waals surface area contributed by atoms with Crippen LogP contribution in [-0.4, -0.2) is 9.20 Å². The van der Waals surface area contributed by atoms with Crippen LogP contribution < -0.4 is 5.43 Å². The third-order valence-corrected chi connectivity index (χ3v) is 4.46. The second-order valence-corrected chi connectivity index (χ2v) is 6.21. The molecule has 0 saturated carbocycles. The Balaban J connectivity index is 2.13. The molecule has 2 heterocycles. The van der Waals surface area contributed by atoms with Crippen LogP contribution in [0.4, 0.5) is 0 Å². The van der Waals surface area contributed by atoms with Gasteiger partial charge in [0, 0.05) is 10.4 Å². The van der Waals surface area contributed by atoms with Crippen LogP contribution in [0.5, 0.6) is 0 Å². The zero-order valence-electron chi connectivity index (χ0n) is 12.0. The van der Waals surface area contributed by atoms with Crippen molar-refractivity contribution in [2.24, 2.45) is 0 Å². The first kappa shape index (κ1) is 14.4. The fourth-order valence-electron chi connectivity index (χ4n) is 2.89. The Bertz CT molecular complexity index is 1080. The predicted octanol–water partition coefficient (Wildman–Crippen LogP) is 4.61. The summed E-state index contributed by atoms with van der Waals surface area (Å²) in [7, 11) is 0. The number of hydrogen-bond donors (Lipinski definition) is 0. The summed E-state index contributed by atoms with van der Waals surface area (Å²) in [6, 6.07) is 18.8. The molecule has 3 nitrogen and oxygen atoms in total. The Hall–Kier alpha value is -2.23. The van der Waals surface area contributed by atoms with Gasteiger partial charge < -0.3 is 0 Å². The van der Waals surface area contributed by atoms with E-state index in [4.69, 9.17) is 23.2 Å². The lowest BCUT2D eigenvalue weighted by atomic mass is 10.2. The van der Waals surface area contributed by atoms with Crippen LogP contribution in [0.3, 0.4) is 0 Å². The van der Waals surface area contributed by atoms with E-state index in [1.54, 1.807) is 34.8 Å². The summed E-state index contributed by atoms with van der Waals surface area (Å²) in [6.07, 6.45) is 0. The fourth-order valence-corrected chi connectivity index (χ4v) is 3.30. The highest BCUT2D eigenvalue weighted by atomic mass is 35.5. The summed E-state index contributed by atoms with van der Waals surface area (Å²) in [5.74, 6) is 0. The van der Waals surface area contributed by atoms with Crippen LogP contribution in [0.15, 0.2) is 65.5 Å². The van der Waals surface area contributed by atoms with E-state index in [0.717, 1.165) is 11.1 Å². The zero-order chi connectivity index (χ0) is 16.0. The van der Waals surface area contributed by atoms with E-state index < -0.39 is 0 Å². The normalized spacial score (nSPS) is 11.4. The van der Waals surface area contributed by atoms with Crippen LogP contribution >= 0.6 is 23.2 Å². The SMILES string of the molecule is O=c1c2ccc(Cl)cc2n(Cc2ccccc2)n2c(Cl)ccc12. The second kappa shape index (κ2) is 5.44. The molecule has 0 saturated heterocycles. The van der Waals surface area contributed by atoms with Crippen molar-refractivity contribution >= 4 is 39.6 Å². The van der Waals surface area contributed by atoms with E-state index >= 15 is 0 Å². The van der Waals surface area contributed by atoms with Crippen LogP contribution in [0.1, 0.15) is 5.56 Å². The fraction of sp³-hybridized carbons (Fsp3) is 0.0556. The molecule has 0 spiro atoms. The van der Waals surface area contributed by atoms with E-state index in [2.05, 4.69) is 0 Å². The van der Waals surface area contributed by atoms with Crippen molar-refractivity contribution in [3.05, 3.63) is 86.6 Å². The summed E-state index contributed by atoms with van der Waals surface area (Å²) >= 11 is 12.5. The van der Waals surface area contributed by atoms with Gasteiger partial charge >= 0.3 is 0 Å². The molecule has 0 N–H and O–H groups in total. The van der Waals surface area contributed by atoms with Crippen molar-refractivity contribution in [2.45, 2.75) is 6.54 Å². The smallest absolute Gasteiger partial charge is 0.213 e. The molecule has 2 aromatic heterocycles. The molecule has 0 atom stereocenters. The highest BCUT2D eigenvalue weighted by Crippen LogP contribution is 2.22. The topological polar surface area (TPSA) is 26.4 Å². The first-order chi connectivity index (χ1) is 11.1. The third-order valence-electron chi connectivity index (χ3n) is 3.94. The Kier molecular flexibility index (Phi) is 3.40. The molecule has 0 aliphatic heterocycles. The molecule has 0 radical (unpaired) electrons. The van der Waals surface area contributed by atoms with Gasteiger partial charge in [-0.05, 0) is 35.9 Å². The van der Waals surface area contributed by atoms with E-state index in [9.17, 15) is 4.79 Å². The first-order valence-electron chi connectivity index (χ1n) is 7.18. The van der Waals surface area contributed by atoms with Crippen LogP contribution in [0, 0.1) is 0 Å². The number of benzene rings is 2. The van der Waals surface area contributed by atoms with Crippen LogP contribution in [0.25, 0.3) is 16.4 Å². The van der Waals surface area contributed by atoms with Crippen LogP contribution in [0.2, 0.25) is 10.2 Å². The van der Waals surface area contributed by atoms with Gasteiger partial charge in [-0.3, -0.25) is 9.48 Å². The average molecular weight is 343 g/mol. The minimum Gasteiger partial charge on any atom is -0.287 e. The van der Waals surface area contributed by atoms with Crippen molar-refractivity contribution in [3.8, 4) is 0 Å². The molecule has 114 valence electrons. The summed E-state index contributed by atoms with van der Waals surface area (Å²) in [4.78, 5) is 12.7. The first-order valence-corrected chi connectivity index (χ1v) is 7.94. The molecule has 0 amide bonds. The number of nitrogens with zero attached hydrogens (tertiary/aromatic N) is 2. The highest BCUT2D eigenvalue weighted by molar-refractivity contribution is 6.31. The van der Waals surface area contributed by atoms with Crippen molar-refractivity contribution in [1.29, 1.82) is 0 Å². The lowest BCUT2D eigenvalue weighted by Crippen LogP contribution is -2.18. The molecule has 4 aromatic rings. The number of halogens is 2. The number of rotatable bonds is 2. The van der Waals surface area contributed by atoms with Crippen molar-refractivity contribution < 1.29 is 0 Å². The number of fused-ring (bicyclic) bond motifs is 2. The lowest BCUT2D eigenvalue weighted by molar-refractivity contribution is 0.654. The van der Waals surface area contributed by atoms with E-state index in [1.807, 2.05) is 35.0 Å². The van der Waals surface area contributed by atoms with Crippen molar-refractivity contribution in [1.82, 2.24) is 9.20 Å². The molecule has 0 aliphatic rings. The van der Waals surface area contributed by atoms with Gasteiger partial charge in [0.25, 0.3) is 0 Å². The maximum absolute atomic E-state index is 12.7. The minimum atomic E-state index is -0.0483. The Morgan fingerprint density at radius 3 is 2.43 bits per heavy atom. The molecular formula is C18H12Cl2N2O. The quantitative estimate of drug-likeness (QED) is 0.522. The van der Waals surface area contributed by atoms with E-state index in [1.165, 1.54) is 0 Å². The monoisotopic (exact) mass is 342 g/mol. The molecule has 5 heteroatoms. The van der Waals surface area contributed by atoms with Gasteiger partial charge in [0.15, 0.2) is 0 Å². The molecule has 0 bridgehead atoms. The van der Waals surface area contributed by atoms with Gasteiger partial charge in [0.2, 0.25) is 5.43 Å². The summed E-state index contributed by atoms with van der Waals surface area (Å²) in [6.45, 7) is 0.586. The highest BCUT2D eigenvalue weighted by Gasteiger charge is 2.13. The Labute approximate surface area is 142 Å². The number of aromatic nitrogens is 2. The van der Waals surface area contributed by atoms with Crippen molar-refractivity contribution in [3.63, 3.8) is 0 Å². The summed E-state index contributed by atoms with van der Waals surface area (Å²) in [5, 5.41) is 1.71. The van der Waals surface area contributed by atoms with Gasteiger partial charge in [0.1, 0.15) is 10.7 Å². The molecule has 0 unspecified atom stereocenters. The van der Waals surface area contributed by atoms with Gasteiger partial charge in [-0.15, -0.1) is 0 Å². The molecule has 0 aliphatic carbocycles. The van der Waals surface area contributed by atoms with Gasteiger partial charge in [-0.25, -0.2) is 4.52 Å². The Morgan fingerprint density at radius 2 is 1.65 bits per heavy atom. The van der Waals surface area contributed by atoms with Gasteiger partial charge in [-0.1, -0.05) is 53.5 Å². The maximum atomic E-state index is 12.7. The molecule has 0 fully saturated rings. The maximum Gasteiger partial charge on any atom is 0.213 e. The third kappa shape index (κ3) is 2.33. The standard InChI is InChI=1S/C18H12Cl2N2O/c19-13-6-7-14-16(10-13)21(11-12-4-2-1-3-5-12)22-15(18(14)23)8-9-17(22)20/h1-10H,11H2. The van der Waals surface area contributed by atoms with Gasteiger partial charge in [0.05, 0.1) is 12.1 Å². The average Bonchev–Trinajstić information content (AvgIpc) is 2.94. The molecule has 4 rings (SSSR count). The Morgan fingerprint density at radius 1 is 0.870 bits per heavy atom. The summed E-state index contributed by atoms with van der Waals surface area (Å²) in [5.41, 5.74) is 2.38. The predicted molar refractivity (Wildman–Crippen MR) is 94.7 cm³/mol. The molecular weight excluding hydrogens is 331 g/mol. The lowest BCUT2D eigenvalue weighted by Gasteiger charge is -2.16. The number of hydrogen-bond acceptors (Lipinski definition) is 1. The van der Waals surface area contributed by atoms with Gasteiger partial charge in [-0.2, -0.15) is 0 Å². The van der Waals surface area contributed by atoms with E-state index in [0.29, 0.717) is 27.6 Å². The molecule has 23 heavy (non-hydrogen) atoms. The van der Waals surface area contributed by atoms with Crippen molar-refractivity contribution in [2.75, 3.05) is 0 Å².